The maximum atomic E-state index is 2.31. The van der Waals surface area contributed by atoms with Crippen LogP contribution in [0.4, 0.5) is 0 Å². The number of rotatable bonds is 20. The highest BCUT2D eigenvalue weighted by molar-refractivity contribution is 4.89. The van der Waals surface area contributed by atoms with E-state index >= 15 is 0 Å². The van der Waals surface area contributed by atoms with E-state index in [9.17, 15) is 0 Å². The van der Waals surface area contributed by atoms with E-state index in [1.165, 1.54) is 128 Å². The molecule has 0 amide bonds. The molecule has 0 spiro atoms. The fourth-order valence-corrected chi connectivity index (χ4v) is 3.66. The zero-order chi connectivity index (χ0) is 17.7. The van der Waals surface area contributed by atoms with Crippen molar-refractivity contribution in [3.8, 4) is 0 Å². The Morgan fingerprint density at radius 2 is 0.583 bits per heavy atom. The molecule has 0 aliphatic carbocycles. The van der Waals surface area contributed by atoms with Crippen molar-refractivity contribution in [1.82, 2.24) is 0 Å². The summed E-state index contributed by atoms with van der Waals surface area (Å²) in [7, 11) is 0. The molecule has 0 aromatic carbocycles. The number of hydrogen-bond donors (Lipinski definition) is 0. The van der Waals surface area contributed by atoms with Crippen LogP contribution in [0.15, 0.2) is 0 Å². The fraction of sp³-hybridized carbons (Fsp3) is 0.958. The minimum atomic E-state index is 1.37. The minimum absolute atomic E-state index is 1.37. The molecule has 0 saturated carbocycles. The Morgan fingerprint density at radius 1 is 0.333 bits per heavy atom. The molecule has 0 unspecified atom stereocenters. The Bertz CT molecular complexity index is 192. The Balaban J connectivity index is 3.74. The Labute approximate surface area is 155 Å². The maximum absolute atomic E-state index is 2.31. The first-order valence-electron chi connectivity index (χ1n) is 11.7. The topological polar surface area (TPSA) is 0 Å². The first-order valence-corrected chi connectivity index (χ1v) is 11.7. The predicted octanol–water partition coefficient (Wildman–Crippen LogP) is 9.42. The van der Waals surface area contributed by atoms with Gasteiger partial charge in [0.2, 0.25) is 0 Å². The van der Waals surface area contributed by atoms with Gasteiger partial charge in [-0.2, -0.15) is 0 Å². The lowest BCUT2D eigenvalue weighted by molar-refractivity contribution is 0.514. The molecule has 0 aliphatic heterocycles. The lowest BCUT2D eigenvalue weighted by Gasteiger charge is -2.16. The second-order valence-electron chi connectivity index (χ2n) is 7.95. The zero-order valence-corrected chi connectivity index (χ0v) is 17.6. The first-order chi connectivity index (χ1) is 11.8. The second-order valence-corrected chi connectivity index (χ2v) is 7.95. The minimum Gasteiger partial charge on any atom is -0.0654 e. The molecule has 0 N–H and O–H groups in total. The molecule has 145 valence electrons. The van der Waals surface area contributed by atoms with Gasteiger partial charge in [0.25, 0.3) is 0 Å². The average Bonchev–Trinajstić information content (AvgIpc) is 2.60. The average molecular weight is 338 g/mol. The molecular formula is C24H49. The van der Waals surface area contributed by atoms with E-state index in [2.05, 4.69) is 20.8 Å². The van der Waals surface area contributed by atoms with Crippen molar-refractivity contribution in [1.29, 1.82) is 0 Å². The summed E-state index contributed by atoms with van der Waals surface area (Å²) in [4.78, 5) is 0. The number of hydrogen-bond acceptors (Lipinski definition) is 0. The molecule has 24 heavy (non-hydrogen) atoms. The smallest absolute Gasteiger partial charge is 0.0241 e. The summed E-state index contributed by atoms with van der Waals surface area (Å²) < 4.78 is 0. The molecule has 0 heterocycles. The molecule has 0 atom stereocenters. The molecule has 0 nitrogen and oxygen atoms in total. The van der Waals surface area contributed by atoms with Crippen LogP contribution >= 0.6 is 0 Å². The van der Waals surface area contributed by atoms with Gasteiger partial charge in [-0.3, -0.25) is 0 Å². The highest BCUT2D eigenvalue weighted by Crippen LogP contribution is 2.26. The van der Waals surface area contributed by atoms with E-state index in [0.717, 1.165) is 0 Å². The van der Waals surface area contributed by atoms with Crippen molar-refractivity contribution >= 4 is 0 Å². The molecule has 0 rings (SSSR count). The van der Waals surface area contributed by atoms with Gasteiger partial charge in [-0.1, -0.05) is 130 Å². The van der Waals surface area contributed by atoms with E-state index in [1.807, 2.05) is 5.92 Å². The molecule has 0 aromatic heterocycles. The van der Waals surface area contributed by atoms with Gasteiger partial charge in [-0.05, 0) is 25.2 Å². The normalized spacial score (nSPS) is 11.5. The molecule has 0 bridgehead atoms. The van der Waals surface area contributed by atoms with Gasteiger partial charge in [0, 0.05) is 0 Å². The third kappa shape index (κ3) is 18.3. The predicted molar refractivity (Wildman–Crippen MR) is 113 cm³/mol. The first kappa shape index (κ1) is 24.0. The molecule has 1 radical (unpaired) electrons. The van der Waals surface area contributed by atoms with E-state index in [0.29, 0.717) is 0 Å². The third-order valence-electron chi connectivity index (χ3n) is 5.40. The standard InChI is InChI=1S/C24H49/c1-4-7-10-13-16-19-22-24(21-18-15-12-9-6-3)23-20-17-14-11-8-5-2/h4-23H2,1-3H3. The molecule has 0 heteroatoms. The molecule has 0 saturated heterocycles. The lowest BCUT2D eigenvalue weighted by atomic mass is 9.89. The van der Waals surface area contributed by atoms with Crippen LogP contribution in [0.5, 0.6) is 0 Å². The summed E-state index contributed by atoms with van der Waals surface area (Å²) in [6.07, 6.45) is 28.8. The van der Waals surface area contributed by atoms with Gasteiger partial charge >= 0.3 is 0 Å². The van der Waals surface area contributed by atoms with Crippen molar-refractivity contribution in [3.05, 3.63) is 5.92 Å². The summed E-state index contributed by atoms with van der Waals surface area (Å²) in [5.74, 6) is 1.91. The summed E-state index contributed by atoms with van der Waals surface area (Å²) in [6, 6.07) is 0. The van der Waals surface area contributed by atoms with Crippen molar-refractivity contribution in [2.24, 2.45) is 0 Å². The fourth-order valence-electron chi connectivity index (χ4n) is 3.66. The van der Waals surface area contributed by atoms with Crippen LogP contribution in [0.25, 0.3) is 0 Å². The van der Waals surface area contributed by atoms with Crippen LogP contribution in [0, 0.1) is 5.92 Å². The Kier molecular flexibility index (Phi) is 21.0. The van der Waals surface area contributed by atoms with Gasteiger partial charge in [-0.25, -0.2) is 0 Å². The quantitative estimate of drug-likeness (QED) is 0.194. The molecule has 0 aromatic rings. The molecular weight excluding hydrogens is 288 g/mol. The van der Waals surface area contributed by atoms with Crippen molar-refractivity contribution in [2.75, 3.05) is 0 Å². The summed E-state index contributed by atoms with van der Waals surface area (Å²) in [5.41, 5.74) is 0. The van der Waals surface area contributed by atoms with E-state index in [-0.39, 0.29) is 0 Å². The lowest BCUT2D eigenvalue weighted by Crippen LogP contribution is -1.99. The van der Waals surface area contributed by atoms with E-state index < -0.39 is 0 Å². The van der Waals surface area contributed by atoms with Gasteiger partial charge in [0.05, 0.1) is 0 Å². The van der Waals surface area contributed by atoms with Crippen molar-refractivity contribution in [2.45, 2.75) is 149 Å². The van der Waals surface area contributed by atoms with Crippen LogP contribution in [-0.2, 0) is 0 Å². The van der Waals surface area contributed by atoms with Crippen molar-refractivity contribution < 1.29 is 0 Å². The summed E-state index contributed by atoms with van der Waals surface area (Å²) in [6.45, 7) is 6.94. The van der Waals surface area contributed by atoms with Crippen LogP contribution in [0.1, 0.15) is 149 Å². The highest BCUT2D eigenvalue weighted by Gasteiger charge is 2.09. The van der Waals surface area contributed by atoms with Crippen LogP contribution < -0.4 is 0 Å². The summed E-state index contributed by atoms with van der Waals surface area (Å²) >= 11 is 0. The highest BCUT2D eigenvalue weighted by atomic mass is 14.1. The SMILES string of the molecule is CCCCCCCC[C](CCCCCCC)CCCCCCCC. The van der Waals surface area contributed by atoms with E-state index in [1.54, 1.807) is 0 Å². The Morgan fingerprint density at radius 3 is 0.875 bits per heavy atom. The summed E-state index contributed by atoms with van der Waals surface area (Å²) in [5, 5.41) is 0. The third-order valence-corrected chi connectivity index (χ3v) is 5.40. The van der Waals surface area contributed by atoms with Crippen molar-refractivity contribution in [3.63, 3.8) is 0 Å². The largest absolute Gasteiger partial charge is 0.0654 e. The Hall–Kier alpha value is 0. The van der Waals surface area contributed by atoms with Crippen LogP contribution in [0.2, 0.25) is 0 Å². The van der Waals surface area contributed by atoms with Crippen LogP contribution in [0.3, 0.4) is 0 Å². The monoisotopic (exact) mass is 337 g/mol. The molecule has 0 aliphatic rings. The van der Waals surface area contributed by atoms with Gasteiger partial charge in [0.1, 0.15) is 0 Å². The maximum Gasteiger partial charge on any atom is -0.0241 e. The van der Waals surface area contributed by atoms with Gasteiger partial charge in [0.15, 0.2) is 0 Å². The second kappa shape index (κ2) is 21.0. The molecule has 0 fully saturated rings. The van der Waals surface area contributed by atoms with Crippen LogP contribution in [-0.4, -0.2) is 0 Å². The zero-order valence-electron chi connectivity index (χ0n) is 17.6. The van der Waals surface area contributed by atoms with Gasteiger partial charge in [-0.15, -0.1) is 0 Å². The van der Waals surface area contributed by atoms with Gasteiger partial charge < -0.3 is 0 Å². The van der Waals surface area contributed by atoms with E-state index in [4.69, 9.17) is 0 Å². The number of unbranched alkanes of at least 4 members (excludes halogenated alkanes) is 14.